The molecule has 10 atom stereocenters. The predicted octanol–water partition coefficient (Wildman–Crippen LogP) is -3.01. The van der Waals surface area contributed by atoms with Gasteiger partial charge in [-0.3, -0.25) is 19.2 Å². The number of aliphatic hydroxyl groups is 6. The first kappa shape index (κ1) is 42.9. The van der Waals surface area contributed by atoms with Crippen LogP contribution in [0.5, 0.6) is 0 Å². The second-order valence-electron chi connectivity index (χ2n) is 13.7. The van der Waals surface area contributed by atoms with Crippen LogP contribution in [-0.4, -0.2) is 167 Å². The van der Waals surface area contributed by atoms with Gasteiger partial charge in [-0.1, -0.05) is 0 Å². The zero-order valence-electron chi connectivity index (χ0n) is 29.8. The molecule has 18 nitrogen and oxygen atoms in total. The zero-order valence-corrected chi connectivity index (χ0v) is 29.8. The number of hydrogen-bond donors (Lipinski definition) is 9. The number of aliphatic hydroxyl groups excluding tert-OH is 6. The Kier molecular flexibility index (Phi) is 17.4. The van der Waals surface area contributed by atoms with Gasteiger partial charge in [0.2, 0.25) is 23.6 Å². The van der Waals surface area contributed by atoms with Crippen LogP contribution in [0.25, 0.3) is 0 Å². The van der Waals surface area contributed by atoms with Crippen molar-refractivity contribution in [2.75, 3.05) is 45.9 Å². The van der Waals surface area contributed by atoms with Crippen molar-refractivity contribution in [1.82, 2.24) is 20.9 Å². The van der Waals surface area contributed by atoms with Gasteiger partial charge in [-0.05, 0) is 51.9 Å². The van der Waals surface area contributed by atoms with Crippen LogP contribution >= 0.6 is 0 Å². The molecule has 9 N–H and O–H groups in total. The number of nitrogens with zero attached hydrogens (tertiary/aromatic N) is 1. The lowest BCUT2D eigenvalue weighted by Crippen LogP contribution is -2.57. The summed E-state index contributed by atoms with van der Waals surface area (Å²) in [4.78, 5) is 52.6. The maximum absolute atomic E-state index is 13.1. The number of unbranched alkanes of at least 4 members (excludes halogenated alkanes) is 1. The molecule has 0 spiro atoms. The quantitative estimate of drug-likeness (QED) is 0.0636. The Hall–Kier alpha value is -2.52. The Labute approximate surface area is 298 Å². The molecule has 3 aliphatic rings. The molecule has 3 unspecified atom stereocenters. The van der Waals surface area contributed by atoms with Crippen molar-refractivity contribution in [2.45, 2.75) is 134 Å². The first-order valence-corrected chi connectivity index (χ1v) is 17.9. The molecule has 4 amide bonds. The number of carbonyl (C=O) groups is 4. The van der Waals surface area contributed by atoms with Gasteiger partial charge in [0.05, 0.1) is 25.4 Å². The van der Waals surface area contributed by atoms with E-state index in [1.165, 1.54) is 13.8 Å². The fraction of sp³-hybridized carbons (Fsp3) is 0.879. The summed E-state index contributed by atoms with van der Waals surface area (Å²) in [5.74, 6) is -0.816. The van der Waals surface area contributed by atoms with Crippen molar-refractivity contribution in [3.8, 4) is 0 Å². The third-order valence-corrected chi connectivity index (χ3v) is 9.70. The molecule has 0 aromatic carbocycles. The standard InChI is InChI=1S/C33H58N4O14/c1-4-34-21(38)7-5-6-8-24(41)37-13-9-33(10-14-37,17-22(39)35-11-15-48-31-29(46)27(44)25(42)19(2)50-31)18-23(40)36-12-16-49-32-30(47)28(45)26(43)20(3)51-32/h19-20,25-32,42-47H,4-18H2,1-3H3,(H,34,38)(H,35,39)(H,36,40)/t19-,20?,25+,26?,27+,28?,29-,30-,31+,32+/m0/s1. The Morgan fingerprint density at radius 1 is 0.667 bits per heavy atom. The zero-order chi connectivity index (χ0) is 37.7. The molecule has 3 fully saturated rings. The first-order chi connectivity index (χ1) is 24.2. The summed E-state index contributed by atoms with van der Waals surface area (Å²) >= 11 is 0. The van der Waals surface area contributed by atoms with E-state index < -0.39 is 66.8 Å². The van der Waals surface area contributed by atoms with E-state index >= 15 is 0 Å². The number of likely N-dealkylation sites (tertiary alicyclic amines) is 1. The highest BCUT2D eigenvalue weighted by molar-refractivity contribution is 5.81. The number of amides is 4. The minimum Gasteiger partial charge on any atom is -0.388 e. The summed E-state index contributed by atoms with van der Waals surface area (Å²) in [7, 11) is 0. The third kappa shape index (κ3) is 12.8. The summed E-state index contributed by atoms with van der Waals surface area (Å²) in [6.45, 7) is 6.09. The molecular formula is C33H58N4O14. The molecule has 18 heteroatoms. The molecule has 0 radical (unpaired) electrons. The first-order valence-electron chi connectivity index (χ1n) is 17.9. The second-order valence-corrected chi connectivity index (χ2v) is 13.7. The van der Waals surface area contributed by atoms with Crippen molar-refractivity contribution in [3.05, 3.63) is 0 Å². The SMILES string of the molecule is CCNC(=O)CCCCC(=O)N1CCC(CC(=O)NCCO[C@@H]2O[C@@H](C)[C@@H](O)[C@@H](O)[C@@H]2O)(CC(=O)NCCO[C@@H]2OC(C)C(O)C(O)[C@@H]2O)CC1. The van der Waals surface area contributed by atoms with Gasteiger partial charge in [0, 0.05) is 58.4 Å². The van der Waals surface area contributed by atoms with E-state index in [9.17, 15) is 49.8 Å². The lowest BCUT2D eigenvalue weighted by Gasteiger charge is -2.41. The van der Waals surface area contributed by atoms with E-state index in [-0.39, 0.29) is 69.2 Å². The summed E-state index contributed by atoms with van der Waals surface area (Å²) in [6, 6.07) is 0. The summed E-state index contributed by atoms with van der Waals surface area (Å²) < 4.78 is 21.8. The van der Waals surface area contributed by atoms with E-state index in [1.807, 2.05) is 6.92 Å². The van der Waals surface area contributed by atoms with Crippen LogP contribution in [0, 0.1) is 5.41 Å². The monoisotopic (exact) mass is 734 g/mol. The highest BCUT2D eigenvalue weighted by Crippen LogP contribution is 2.39. The van der Waals surface area contributed by atoms with Gasteiger partial charge in [0.1, 0.15) is 36.6 Å². The number of rotatable bonds is 18. The Morgan fingerprint density at radius 2 is 1.12 bits per heavy atom. The van der Waals surface area contributed by atoms with Crippen LogP contribution in [0.1, 0.15) is 72.1 Å². The summed E-state index contributed by atoms with van der Waals surface area (Å²) in [5, 5.41) is 68.2. The molecule has 51 heavy (non-hydrogen) atoms. The average Bonchev–Trinajstić information content (AvgIpc) is 3.09. The fourth-order valence-corrected chi connectivity index (χ4v) is 6.49. The molecule has 0 aromatic heterocycles. The second kappa shape index (κ2) is 20.6. The van der Waals surface area contributed by atoms with Gasteiger partial charge >= 0.3 is 0 Å². The molecule has 0 aromatic rings. The molecule has 0 saturated carbocycles. The number of hydrogen-bond acceptors (Lipinski definition) is 14. The van der Waals surface area contributed by atoms with Gasteiger partial charge < -0.3 is 70.4 Å². The Balaban J connectivity index is 1.50. The van der Waals surface area contributed by atoms with Crippen LogP contribution in [-0.2, 0) is 38.1 Å². The number of ether oxygens (including phenoxy) is 4. The van der Waals surface area contributed by atoms with E-state index in [4.69, 9.17) is 18.9 Å². The van der Waals surface area contributed by atoms with Crippen molar-refractivity contribution in [1.29, 1.82) is 0 Å². The van der Waals surface area contributed by atoms with Gasteiger partial charge in [-0.2, -0.15) is 0 Å². The average molecular weight is 735 g/mol. The lowest BCUT2D eigenvalue weighted by atomic mass is 9.72. The molecule has 3 heterocycles. The normalized spacial score (nSPS) is 32.2. The molecule has 0 aliphatic carbocycles. The Bertz CT molecular complexity index is 1070. The molecule has 3 aliphatic heterocycles. The molecular weight excluding hydrogens is 676 g/mol. The minimum absolute atomic E-state index is 0.0177. The summed E-state index contributed by atoms with van der Waals surface area (Å²) in [5.41, 5.74) is -0.776. The third-order valence-electron chi connectivity index (χ3n) is 9.70. The maximum Gasteiger partial charge on any atom is 0.222 e. The van der Waals surface area contributed by atoms with Crippen LogP contribution in [0.2, 0.25) is 0 Å². The Morgan fingerprint density at radius 3 is 1.57 bits per heavy atom. The number of carbonyl (C=O) groups excluding carboxylic acids is 4. The van der Waals surface area contributed by atoms with Gasteiger partial charge in [-0.25, -0.2) is 0 Å². The lowest BCUT2D eigenvalue weighted by molar-refractivity contribution is -0.292. The molecule has 294 valence electrons. The van der Waals surface area contributed by atoms with E-state index in [1.54, 1.807) is 4.90 Å². The van der Waals surface area contributed by atoms with Crippen LogP contribution < -0.4 is 16.0 Å². The van der Waals surface area contributed by atoms with Crippen LogP contribution in [0.3, 0.4) is 0 Å². The number of nitrogens with one attached hydrogen (secondary N) is 3. The number of piperidine rings is 1. The van der Waals surface area contributed by atoms with Gasteiger partial charge in [0.15, 0.2) is 12.6 Å². The molecule has 3 saturated heterocycles. The molecule has 3 rings (SSSR count). The van der Waals surface area contributed by atoms with E-state index in [0.29, 0.717) is 51.7 Å². The van der Waals surface area contributed by atoms with Crippen molar-refractivity contribution >= 4 is 23.6 Å². The van der Waals surface area contributed by atoms with Crippen molar-refractivity contribution in [3.63, 3.8) is 0 Å². The smallest absolute Gasteiger partial charge is 0.222 e. The predicted molar refractivity (Wildman–Crippen MR) is 177 cm³/mol. The van der Waals surface area contributed by atoms with Crippen LogP contribution in [0.4, 0.5) is 0 Å². The summed E-state index contributed by atoms with van der Waals surface area (Å²) in [6.07, 6.45) is -9.82. The molecule has 0 bridgehead atoms. The van der Waals surface area contributed by atoms with Crippen molar-refractivity contribution < 1.29 is 68.8 Å². The van der Waals surface area contributed by atoms with Crippen molar-refractivity contribution in [2.24, 2.45) is 5.41 Å². The van der Waals surface area contributed by atoms with E-state index in [0.717, 1.165) is 0 Å². The fourth-order valence-electron chi connectivity index (χ4n) is 6.49. The highest BCUT2D eigenvalue weighted by atomic mass is 16.7. The minimum atomic E-state index is -1.48. The van der Waals surface area contributed by atoms with E-state index in [2.05, 4.69) is 16.0 Å². The maximum atomic E-state index is 13.1. The van der Waals surface area contributed by atoms with Gasteiger partial charge in [0.25, 0.3) is 0 Å². The van der Waals surface area contributed by atoms with Crippen LogP contribution in [0.15, 0.2) is 0 Å². The highest BCUT2D eigenvalue weighted by Gasteiger charge is 2.44. The van der Waals surface area contributed by atoms with Gasteiger partial charge in [-0.15, -0.1) is 0 Å². The largest absolute Gasteiger partial charge is 0.388 e. The topological polar surface area (TPSA) is 266 Å².